The van der Waals surface area contributed by atoms with Crippen LogP contribution in [-0.4, -0.2) is 45.0 Å². The fourth-order valence-electron chi connectivity index (χ4n) is 2.14. The van der Waals surface area contributed by atoms with E-state index in [9.17, 15) is 26.3 Å². The third kappa shape index (κ3) is 2.73. The van der Waals surface area contributed by atoms with Crippen LogP contribution in [0.15, 0.2) is 0 Å². The molecule has 0 radical (unpaired) electrons. The van der Waals surface area contributed by atoms with Crippen LogP contribution in [0.4, 0.5) is 26.3 Å². The molecule has 5 nitrogen and oxygen atoms in total. The fraction of sp³-hybridized carbons (Fsp3) is 0.778. The van der Waals surface area contributed by atoms with Crippen LogP contribution in [0.5, 0.6) is 0 Å². The van der Waals surface area contributed by atoms with Gasteiger partial charge in [0.2, 0.25) is 5.82 Å². The third-order valence-electron chi connectivity index (χ3n) is 3.08. The second-order valence-electron chi connectivity index (χ2n) is 4.35. The lowest BCUT2D eigenvalue weighted by Gasteiger charge is -2.35. The Bertz CT molecular complexity index is 478. The molecule has 0 aliphatic carbocycles. The summed E-state index contributed by atoms with van der Waals surface area (Å²) in [6.45, 7) is -1.49. The summed E-state index contributed by atoms with van der Waals surface area (Å²) < 4.78 is 76.7. The van der Waals surface area contributed by atoms with Gasteiger partial charge in [-0.15, -0.1) is 10.2 Å². The Morgan fingerprint density at radius 1 is 1.10 bits per heavy atom. The van der Waals surface area contributed by atoms with Crippen LogP contribution in [0.3, 0.4) is 0 Å². The summed E-state index contributed by atoms with van der Waals surface area (Å²) in [5.74, 6) is -1.34. The summed E-state index contributed by atoms with van der Waals surface area (Å²) in [5, 5.41) is 6.31. The van der Waals surface area contributed by atoms with Crippen LogP contribution in [0.1, 0.15) is 11.6 Å². The molecule has 0 saturated heterocycles. The van der Waals surface area contributed by atoms with Crippen LogP contribution >= 0.6 is 0 Å². The second kappa shape index (κ2) is 4.88. The van der Waals surface area contributed by atoms with Gasteiger partial charge in [-0.25, -0.2) is 0 Å². The first-order chi connectivity index (χ1) is 9.14. The molecule has 1 unspecified atom stereocenters. The minimum Gasteiger partial charge on any atom is -0.329 e. The summed E-state index contributed by atoms with van der Waals surface area (Å²) in [7, 11) is 0. The van der Waals surface area contributed by atoms with Gasteiger partial charge in [0.1, 0.15) is 11.9 Å². The number of hydrogen-bond donors (Lipinski definition) is 1. The van der Waals surface area contributed by atoms with Crippen LogP contribution < -0.4 is 5.73 Å². The molecule has 1 aromatic heterocycles. The fourth-order valence-corrected chi connectivity index (χ4v) is 2.14. The SMILES string of the molecule is NCC(N1CCn2c(nnc2C(F)(F)F)C1)C(F)(F)F. The predicted molar refractivity (Wildman–Crippen MR) is 54.3 cm³/mol. The highest BCUT2D eigenvalue weighted by Crippen LogP contribution is 2.31. The van der Waals surface area contributed by atoms with Gasteiger partial charge in [-0.05, 0) is 0 Å². The molecule has 0 aromatic carbocycles. The van der Waals surface area contributed by atoms with Crippen LogP contribution in [-0.2, 0) is 19.3 Å². The summed E-state index contributed by atoms with van der Waals surface area (Å²) in [6, 6.07) is -1.90. The average Bonchev–Trinajstić information content (AvgIpc) is 2.70. The van der Waals surface area contributed by atoms with Crippen LogP contribution in [0.2, 0.25) is 0 Å². The van der Waals surface area contributed by atoms with E-state index in [1.54, 1.807) is 0 Å². The van der Waals surface area contributed by atoms with E-state index in [0.717, 1.165) is 9.47 Å². The van der Waals surface area contributed by atoms with E-state index in [2.05, 4.69) is 10.2 Å². The molecule has 0 spiro atoms. The minimum absolute atomic E-state index is 0.147. The average molecular weight is 303 g/mol. The van der Waals surface area contributed by atoms with Crippen molar-refractivity contribution in [1.82, 2.24) is 19.7 Å². The number of nitrogens with zero attached hydrogens (tertiary/aromatic N) is 4. The van der Waals surface area contributed by atoms with Crippen molar-refractivity contribution in [2.45, 2.75) is 31.5 Å². The number of rotatable bonds is 2. The number of alkyl halides is 6. The zero-order valence-electron chi connectivity index (χ0n) is 10.0. The van der Waals surface area contributed by atoms with Crippen molar-refractivity contribution in [3.05, 3.63) is 11.6 Å². The lowest BCUT2D eigenvalue weighted by atomic mass is 10.2. The molecule has 1 aliphatic rings. The highest BCUT2D eigenvalue weighted by atomic mass is 19.4. The number of fused-ring (bicyclic) bond motifs is 1. The summed E-state index contributed by atoms with van der Waals surface area (Å²) >= 11 is 0. The number of halogens is 6. The molecule has 1 atom stereocenters. The summed E-state index contributed by atoms with van der Waals surface area (Å²) in [5.41, 5.74) is 5.10. The van der Waals surface area contributed by atoms with E-state index in [-0.39, 0.29) is 25.5 Å². The Labute approximate surface area is 109 Å². The number of aromatic nitrogens is 3. The van der Waals surface area contributed by atoms with Crippen molar-refractivity contribution in [1.29, 1.82) is 0 Å². The standard InChI is InChI=1S/C9H11F6N5/c10-8(11,12)5(3-16)19-1-2-20-6(4-19)17-18-7(20)9(13,14)15/h5H,1-4,16H2. The van der Waals surface area contributed by atoms with Crippen LogP contribution in [0, 0.1) is 0 Å². The van der Waals surface area contributed by atoms with Gasteiger partial charge in [-0.2, -0.15) is 26.3 Å². The Hall–Kier alpha value is -1.36. The zero-order chi connectivity index (χ0) is 15.1. The predicted octanol–water partition coefficient (Wildman–Crippen LogP) is 1.00. The van der Waals surface area contributed by atoms with E-state index >= 15 is 0 Å². The van der Waals surface area contributed by atoms with Gasteiger partial charge in [-0.3, -0.25) is 4.90 Å². The molecule has 0 fully saturated rings. The minimum atomic E-state index is -4.68. The Kier molecular flexibility index (Phi) is 3.67. The van der Waals surface area contributed by atoms with E-state index < -0.39 is 30.8 Å². The quantitative estimate of drug-likeness (QED) is 0.828. The number of hydrogen-bond acceptors (Lipinski definition) is 4. The van der Waals surface area contributed by atoms with Gasteiger partial charge in [0.05, 0.1) is 6.54 Å². The monoisotopic (exact) mass is 303 g/mol. The first kappa shape index (κ1) is 15.0. The molecular weight excluding hydrogens is 292 g/mol. The van der Waals surface area contributed by atoms with Crippen molar-refractivity contribution in [3.63, 3.8) is 0 Å². The molecule has 0 bridgehead atoms. The summed E-state index contributed by atoms with van der Waals surface area (Å²) in [6.07, 6.45) is -9.21. The van der Waals surface area contributed by atoms with E-state index in [1.807, 2.05) is 0 Å². The Morgan fingerprint density at radius 2 is 1.75 bits per heavy atom. The highest BCUT2D eigenvalue weighted by Gasteiger charge is 2.45. The van der Waals surface area contributed by atoms with Crippen LogP contribution in [0.25, 0.3) is 0 Å². The smallest absolute Gasteiger partial charge is 0.329 e. The molecule has 0 amide bonds. The molecule has 2 rings (SSSR count). The van der Waals surface area contributed by atoms with Gasteiger partial charge in [0.25, 0.3) is 0 Å². The first-order valence-electron chi connectivity index (χ1n) is 5.64. The second-order valence-corrected chi connectivity index (χ2v) is 4.35. The molecule has 2 heterocycles. The molecule has 1 aromatic rings. The third-order valence-corrected chi connectivity index (χ3v) is 3.08. The van der Waals surface area contributed by atoms with E-state index in [1.165, 1.54) is 0 Å². The van der Waals surface area contributed by atoms with E-state index in [4.69, 9.17) is 5.73 Å². The van der Waals surface area contributed by atoms with Crippen molar-refractivity contribution >= 4 is 0 Å². The highest BCUT2D eigenvalue weighted by molar-refractivity contribution is 5.03. The molecule has 20 heavy (non-hydrogen) atoms. The maximum atomic E-state index is 12.7. The van der Waals surface area contributed by atoms with Gasteiger partial charge in [0, 0.05) is 19.6 Å². The summed E-state index contributed by atoms with van der Waals surface area (Å²) in [4.78, 5) is 0.962. The normalized spacial score (nSPS) is 18.9. The van der Waals surface area contributed by atoms with Crippen molar-refractivity contribution in [2.24, 2.45) is 5.73 Å². The van der Waals surface area contributed by atoms with Gasteiger partial charge < -0.3 is 10.3 Å². The van der Waals surface area contributed by atoms with E-state index in [0.29, 0.717) is 0 Å². The van der Waals surface area contributed by atoms with Crippen molar-refractivity contribution in [3.8, 4) is 0 Å². The Morgan fingerprint density at radius 3 is 2.25 bits per heavy atom. The molecular formula is C9H11F6N5. The topological polar surface area (TPSA) is 60.0 Å². The first-order valence-corrected chi connectivity index (χ1v) is 5.64. The van der Waals surface area contributed by atoms with Gasteiger partial charge in [-0.1, -0.05) is 0 Å². The van der Waals surface area contributed by atoms with Crippen molar-refractivity contribution in [2.75, 3.05) is 13.1 Å². The molecule has 114 valence electrons. The van der Waals surface area contributed by atoms with Gasteiger partial charge in [0.15, 0.2) is 0 Å². The maximum absolute atomic E-state index is 12.7. The molecule has 11 heteroatoms. The lowest BCUT2D eigenvalue weighted by Crippen LogP contribution is -2.52. The number of nitrogens with two attached hydrogens (primary N) is 1. The Balaban J connectivity index is 2.23. The maximum Gasteiger partial charge on any atom is 0.451 e. The molecule has 2 N–H and O–H groups in total. The zero-order valence-corrected chi connectivity index (χ0v) is 10.0. The van der Waals surface area contributed by atoms with Crippen molar-refractivity contribution < 1.29 is 26.3 Å². The largest absolute Gasteiger partial charge is 0.451 e. The molecule has 0 saturated carbocycles. The molecule has 1 aliphatic heterocycles. The van der Waals surface area contributed by atoms with Gasteiger partial charge >= 0.3 is 12.4 Å². The lowest BCUT2D eigenvalue weighted by molar-refractivity contribution is -0.185.